The van der Waals surface area contributed by atoms with Gasteiger partial charge in [-0.05, 0) is 30.7 Å². The van der Waals surface area contributed by atoms with Gasteiger partial charge in [-0.25, -0.2) is 4.79 Å². The van der Waals surface area contributed by atoms with Crippen molar-refractivity contribution in [3.63, 3.8) is 0 Å². The van der Waals surface area contributed by atoms with E-state index in [0.717, 1.165) is 5.56 Å². The van der Waals surface area contributed by atoms with E-state index in [2.05, 4.69) is 10.1 Å². The molecule has 0 saturated carbocycles. The molecular formula is C13H18N2O4. The number of aryl methyl sites for hydroxylation is 1. The zero-order chi connectivity index (χ0) is 14.4. The second-order valence-corrected chi connectivity index (χ2v) is 4.08. The highest BCUT2D eigenvalue weighted by Gasteiger charge is 2.22. The van der Waals surface area contributed by atoms with E-state index in [1.807, 2.05) is 0 Å². The van der Waals surface area contributed by atoms with Crippen molar-refractivity contribution in [2.45, 2.75) is 13.0 Å². The maximum absolute atomic E-state index is 12.0. The highest BCUT2D eigenvalue weighted by molar-refractivity contribution is 5.97. The van der Waals surface area contributed by atoms with Gasteiger partial charge in [0.05, 0.1) is 13.7 Å². The number of amides is 1. The Balaban J connectivity index is 2.81. The van der Waals surface area contributed by atoms with Crippen molar-refractivity contribution in [3.8, 4) is 0 Å². The van der Waals surface area contributed by atoms with E-state index < -0.39 is 12.0 Å². The summed E-state index contributed by atoms with van der Waals surface area (Å²) in [6, 6.07) is 4.07. The number of nitrogens with two attached hydrogens (primary N) is 1. The van der Waals surface area contributed by atoms with Crippen molar-refractivity contribution in [2.75, 3.05) is 26.6 Å². The molecule has 0 saturated heterocycles. The number of methoxy groups -OCH3 is 2. The van der Waals surface area contributed by atoms with Crippen molar-refractivity contribution in [2.24, 2.45) is 0 Å². The molecule has 104 valence electrons. The van der Waals surface area contributed by atoms with Crippen LogP contribution in [-0.2, 0) is 14.3 Å². The molecule has 6 heteroatoms. The zero-order valence-electron chi connectivity index (χ0n) is 11.2. The number of esters is 1. The predicted molar refractivity (Wildman–Crippen MR) is 70.7 cm³/mol. The van der Waals surface area contributed by atoms with Gasteiger partial charge in [0.1, 0.15) is 0 Å². The summed E-state index contributed by atoms with van der Waals surface area (Å²) in [6.07, 6.45) is 0. The molecule has 1 aromatic carbocycles. The molecule has 1 rings (SSSR count). The third-order valence-electron chi connectivity index (χ3n) is 2.66. The third kappa shape index (κ3) is 3.96. The van der Waals surface area contributed by atoms with E-state index in [-0.39, 0.29) is 12.5 Å². The zero-order valence-corrected chi connectivity index (χ0v) is 11.2. The number of hydrogen-bond acceptors (Lipinski definition) is 5. The van der Waals surface area contributed by atoms with Crippen LogP contribution in [0.15, 0.2) is 18.2 Å². The summed E-state index contributed by atoms with van der Waals surface area (Å²) in [5, 5.41) is 2.55. The van der Waals surface area contributed by atoms with Crippen molar-refractivity contribution in [1.29, 1.82) is 0 Å². The van der Waals surface area contributed by atoms with Gasteiger partial charge in [0.15, 0.2) is 6.04 Å². The molecule has 0 radical (unpaired) electrons. The molecule has 0 heterocycles. The van der Waals surface area contributed by atoms with E-state index >= 15 is 0 Å². The minimum Gasteiger partial charge on any atom is -0.467 e. The normalized spacial score (nSPS) is 11.7. The van der Waals surface area contributed by atoms with Gasteiger partial charge >= 0.3 is 5.97 Å². The van der Waals surface area contributed by atoms with Crippen LogP contribution in [0.4, 0.5) is 5.69 Å². The Morgan fingerprint density at radius 3 is 2.58 bits per heavy atom. The van der Waals surface area contributed by atoms with Crippen LogP contribution >= 0.6 is 0 Å². The number of ether oxygens (including phenoxy) is 2. The minimum absolute atomic E-state index is 0.0480. The molecule has 6 nitrogen and oxygen atoms in total. The molecule has 0 bridgehead atoms. The number of nitrogens with one attached hydrogen (secondary N) is 1. The number of hydrogen-bond donors (Lipinski definition) is 2. The monoisotopic (exact) mass is 266 g/mol. The molecule has 0 aliphatic carbocycles. The van der Waals surface area contributed by atoms with E-state index in [1.54, 1.807) is 25.1 Å². The quantitative estimate of drug-likeness (QED) is 0.598. The molecule has 3 N–H and O–H groups in total. The standard InChI is InChI=1S/C13H18N2O4/c1-8-6-9(4-5-10(8)14)12(16)15-11(7-18-2)13(17)19-3/h4-6,11H,7,14H2,1-3H3,(H,15,16). The number of benzene rings is 1. The van der Waals surface area contributed by atoms with Crippen LogP contribution in [0.5, 0.6) is 0 Å². The molecule has 0 aliphatic rings. The SMILES string of the molecule is COCC(NC(=O)c1ccc(N)c(C)c1)C(=O)OC. The average molecular weight is 266 g/mol. The summed E-state index contributed by atoms with van der Waals surface area (Å²) in [6.45, 7) is 1.85. The number of nitrogen functional groups attached to an aromatic ring is 1. The lowest BCUT2D eigenvalue weighted by molar-refractivity contribution is -0.144. The lowest BCUT2D eigenvalue weighted by Gasteiger charge is -2.15. The van der Waals surface area contributed by atoms with Crippen LogP contribution in [0, 0.1) is 6.92 Å². The molecule has 0 aliphatic heterocycles. The van der Waals surface area contributed by atoms with Gasteiger partial charge in [-0.15, -0.1) is 0 Å². The van der Waals surface area contributed by atoms with E-state index in [9.17, 15) is 9.59 Å². The topological polar surface area (TPSA) is 90.6 Å². The smallest absolute Gasteiger partial charge is 0.330 e. The minimum atomic E-state index is -0.833. The molecular weight excluding hydrogens is 248 g/mol. The summed E-state index contributed by atoms with van der Waals surface area (Å²) in [5.41, 5.74) is 7.52. The first-order valence-corrected chi connectivity index (χ1v) is 5.73. The summed E-state index contributed by atoms with van der Waals surface area (Å²) >= 11 is 0. The fourth-order valence-electron chi connectivity index (χ4n) is 1.54. The lowest BCUT2D eigenvalue weighted by atomic mass is 10.1. The van der Waals surface area contributed by atoms with Gasteiger partial charge in [0, 0.05) is 18.4 Å². The maximum Gasteiger partial charge on any atom is 0.330 e. The van der Waals surface area contributed by atoms with E-state index in [0.29, 0.717) is 11.3 Å². The lowest BCUT2D eigenvalue weighted by Crippen LogP contribution is -2.44. The summed E-state index contributed by atoms with van der Waals surface area (Å²) in [5.74, 6) is -0.932. The molecule has 1 atom stereocenters. The van der Waals surface area contributed by atoms with Gasteiger partial charge in [-0.3, -0.25) is 4.79 Å². The molecule has 1 unspecified atom stereocenters. The molecule has 0 fully saturated rings. The van der Waals surface area contributed by atoms with Crippen molar-refractivity contribution in [1.82, 2.24) is 5.32 Å². The Bertz CT molecular complexity index is 474. The number of carbonyl (C=O) groups is 2. The van der Waals surface area contributed by atoms with Gasteiger partial charge in [-0.2, -0.15) is 0 Å². The van der Waals surface area contributed by atoms with Crippen molar-refractivity contribution >= 4 is 17.6 Å². The van der Waals surface area contributed by atoms with Crippen LogP contribution in [0.3, 0.4) is 0 Å². The van der Waals surface area contributed by atoms with Crippen LogP contribution < -0.4 is 11.1 Å². The fraction of sp³-hybridized carbons (Fsp3) is 0.385. The Labute approximate surface area is 111 Å². The molecule has 0 aromatic heterocycles. The highest BCUT2D eigenvalue weighted by atomic mass is 16.5. The maximum atomic E-state index is 12.0. The van der Waals surface area contributed by atoms with Crippen LogP contribution in [-0.4, -0.2) is 38.7 Å². The first kappa shape index (κ1) is 15.0. The molecule has 1 amide bonds. The summed E-state index contributed by atoms with van der Waals surface area (Å²) in [7, 11) is 2.69. The summed E-state index contributed by atoms with van der Waals surface area (Å²) < 4.78 is 9.46. The third-order valence-corrected chi connectivity index (χ3v) is 2.66. The Morgan fingerprint density at radius 1 is 1.37 bits per heavy atom. The van der Waals surface area contributed by atoms with Crippen molar-refractivity contribution < 1.29 is 19.1 Å². The highest BCUT2D eigenvalue weighted by Crippen LogP contribution is 2.12. The van der Waals surface area contributed by atoms with Crippen LogP contribution in [0.2, 0.25) is 0 Å². The van der Waals surface area contributed by atoms with Gasteiger partial charge in [-0.1, -0.05) is 0 Å². The van der Waals surface area contributed by atoms with Crippen LogP contribution in [0.1, 0.15) is 15.9 Å². The van der Waals surface area contributed by atoms with Crippen molar-refractivity contribution in [3.05, 3.63) is 29.3 Å². The second-order valence-electron chi connectivity index (χ2n) is 4.08. The predicted octanol–water partition coefficient (Wildman–Crippen LogP) is 0.495. The van der Waals surface area contributed by atoms with Gasteiger partial charge < -0.3 is 20.5 Å². The van der Waals surface area contributed by atoms with Crippen LogP contribution in [0.25, 0.3) is 0 Å². The van der Waals surface area contributed by atoms with E-state index in [4.69, 9.17) is 10.5 Å². The van der Waals surface area contributed by atoms with E-state index in [1.165, 1.54) is 14.2 Å². The largest absolute Gasteiger partial charge is 0.467 e. The van der Waals surface area contributed by atoms with Gasteiger partial charge in [0.25, 0.3) is 5.91 Å². The molecule has 0 spiro atoms. The summed E-state index contributed by atoms with van der Waals surface area (Å²) in [4.78, 5) is 23.5. The molecule has 19 heavy (non-hydrogen) atoms. The Hall–Kier alpha value is -2.08. The molecule has 1 aromatic rings. The first-order chi connectivity index (χ1) is 8.99. The second kappa shape index (κ2) is 6.75. The first-order valence-electron chi connectivity index (χ1n) is 5.73. The fourth-order valence-corrected chi connectivity index (χ4v) is 1.54. The average Bonchev–Trinajstić information content (AvgIpc) is 2.40. The van der Waals surface area contributed by atoms with Gasteiger partial charge in [0.2, 0.25) is 0 Å². The number of anilines is 1. The number of rotatable bonds is 5. The Morgan fingerprint density at radius 2 is 2.05 bits per heavy atom. The number of carbonyl (C=O) groups excluding carboxylic acids is 2. The Kier molecular flexibility index (Phi) is 5.32.